The molecule has 1 aromatic carbocycles. The molecule has 144 valence electrons. The van der Waals surface area contributed by atoms with E-state index < -0.39 is 33.7 Å². The van der Waals surface area contributed by atoms with Crippen molar-refractivity contribution in [1.29, 1.82) is 0 Å². The predicted octanol–water partition coefficient (Wildman–Crippen LogP) is 4.47. The molecule has 7 heteroatoms. The first-order valence-corrected chi connectivity index (χ1v) is 10.4. The van der Waals surface area contributed by atoms with Gasteiger partial charge in [-0.15, -0.1) is 0 Å². The van der Waals surface area contributed by atoms with Crippen molar-refractivity contribution >= 4 is 9.76 Å². The van der Waals surface area contributed by atoms with Crippen molar-refractivity contribution in [3.63, 3.8) is 0 Å². The van der Waals surface area contributed by atoms with Crippen LogP contribution in [0.2, 0.25) is 6.04 Å². The van der Waals surface area contributed by atoms with Crippen molar-refractivity contribution in [2.45, 2.75) is 78.1 Å². The Morgan fingerprint density at radius 3 is 1.96 bits per heavy atom. The van der Waals surface area contributed by atoms with Gasteiger partial charge in [0.1, 0.15) is 0 Å². The van der Waals surface area contributed by atoms with Crippen molar-refractivity contribution in [3.8, 4) is 0 Å². The van der Waals surface area contributed by atoms with E-state index in [1.54, 1.807) is 0 Å². The van der Waals surface area contributed by atoms with E-state index >= 15 is 0 Å². The molecule has 0 spiro atoms. The van der Waals surface area contributed by atoms with Crippen LogP contribution in [0.5, 0.6) is 0 Å². The molecule has 0 saturated heterocycles. The van der Waals surface area contributed by atoms with Gasteiger partial charge >= 0.3 is 0 Å². The molecule has 0 saturated carbocycles. The highest BCUT2D eigenvalue weighted by molar-refractivity contribution is 6.27. The fourth-order valence-electron chi connectivity index (χ4n) is 2.27. The minimum Gasteiger partial charge on any atom is -0.379 e. The average Bonchev–Trinajstić information content (AvgIpc) is 2.50. The Bertz CT molecular complexity index is 479. The maximum atomic E-state index is 13.1. The Hall–Kier alpha value is -0.893. The standard InChI is InChI=1S/C18H29F3O3Si/c1-12(2)22-18(23-13(3)4)24-25-9-7-5-6-8-14-10-15(19)17(21)16(20)11-14/h10-13,18H,5-9,25H2,1-4H3. The van der Waals surface area contributed by atoms with E-state index in [9.17, 15) is 13.2 Å². The summed E-state index contributed by atoms with van der Waals surface area (Å²) in [5.41, 5.74) is 0.487. The summed E-state index contributed by atoms with van der Waals surface area (Å²) >= 11 is 0. The fourth-order valence-corrected chi connectivity index (χ4v) is 3.35. The van der Waals surface area contributed by atoms with E-state index in [0.717, 1.165) is 37.4 Å². The van der Waals surface area contributed by atoms with E-state index in [-0.39, 0.29) is 12.2 Å². The van der Waals surface area contributed by atoms with E-state index in [2.05, 4.69) is 0 Å². The second-order valence-electron chi connectivity index (χ2n) is 6.57. The van der Waals surface area contributed by atoms with Crippen LogP contribution in [0, 0.1) is 17.5 Å². The van der Waals surface area contributed by atoms with Crippen LogP contribution in [0.1, 0.15) is 52.5 Å². The zero-order chi connectivity index (χ0) is 18.8. The molecule has 0 fully saturated rings. The molecule has 0 bridgehead atoms. The quantitative estimate of drug-likeness (QED) is 0.232. The number of hydrogen-bond donors (Lipinski definition) is 0. The molecule has 1 rings (SSSR count). The molecule has 0 aliphatic heterocycles. The molecule has 0 aromatic heterocycles. The van der Waals surface area contributed by atoms with Gasteiger partial charge in [-0.05, 0) is 64.3 Å². The SMILES string of the molecule is CC(C)OC(O[SiH2]CCCCCc1cc(F)c(F)c(F)c1)OC(C)C. The highest BCUT2D eigenvalue weighted by Gasteiger charge is 2.13. The van der Waals surface area contributed by atoms with Crippen LogP contribution in [0.15, 0.2) is 12.1 Å². The van der Waals surface area contributed by atoms with Crippen molar-refractivity contribution < 1.29 is 27.1 Å². The summed E-state index contributed by atoms with van der Waals surface area (Å²) in [6.07, 6.45) is 3.31. The van der Waals surface area contributed by atoms with E-state index in [1.165, 1.54) is 0 Å². The summed E-state index contributed by atoms with van der Waals surface area (Å²) in [6, 6.07) is 3.10. The number of hydrogen-bond acceptors (Lipinski definition) is 3. The molecule has 1 aromatic rings. The number of aryl methyl sites for hydroxylation is 1. The van der Waals surface area contributed by atoms with Gasteiger partial charge in [0.15, 0.2) is 27.2 Å². The third-order valence-corrected chi connectivity index (χ3v) is 4.72. The Kier molecular flexibility index (Phi) is 10.3. The zero-order valence-corrected chi connectivity index (χ0v) is 16.9. The summed E-state index contributed by atoms with van der Waals surface area (Å²) in [6.45, 7) is 7.13. The van der Waals surface area contributed by atoms with Gasteiger partial charge in [0.05, 0.1) is 12.2 Å². The van der Waals surface area contributed by atoms with Gasteiger partial charge in [-0.2, -0.15) is 0 Å². The summed E-state index contributed by atoms with van der Waals surface area (Å²) < 4.78 is 56.0. The molecule has 0 atom stereocenters. The molecule has 25 heavy (non-hydrogen) atoms. The largest absolute Gasteiger partial charge is 0.379 e. The van der Waals surface area contributed by atoms with Crippen LogP contribution in [0.4, 0.5) is 13.2 Å². The normalized spacial score (nSPS) is 12.4. The van der Waals surface area contributed by atoms with Gasteiger partial charge in [-0.25, -0.2) is 13.2 Å². The molecule has 0 aliphatic rings. The van der Waals surface area contributed by atoms with Gasteiger partial charge < -0.3 is 13.9 Å². The first-order valence-electron chi connectivity index (χ1n) is 8.85. The zero-order valence-electron chi connectivity index (χ0n) is 15.5. The lowest BCUT2D eigenvalue weighted by Crippen LogP contribution is -2.28. The van der Waals surface area contributed by atoms with Crippen molar-refractivity contribution in [1.82, 2.24) is 0 Å². The summed E-state index contributed by atoms with van der Waals surface area (Å²) in [4.78, 5) is 0. The Morgan fingerprint density at radius 1 is 0.880 bits per heavy atom. The van der Waals surface area contributed by atoms with Crippen LogP contribution >= 0.6 is 0 Å². The van der Waals surface area contributed by atoms with Crippen LogP contribution in [0.25, 0.3) is 0 Å². The highest BCUT2D eigenvalue weighted by Crippen LogP contribution is 2.16. The first kappa shape index (κ1) is 22.1. The van der Waals surface area contributed by atoms with Crippen molar-refractivity contribution in [2.24, 2.45) is 0 Å². The number of halogens is 3. The third kappa shape index (κ3) is 9.39. The summed E-state index contributed by atoms with van der Waals surface area (Å²) in [7, 11) is -0.751. The summed E-state index contributed by atoms with van der Waals surface area (Å²) in [5, 5.41) is 0. The minimum atomic E-state index is -1.41. The molecule has 0 heterocycles. The minimum absolute atomic E-state index is 0.0363. The number of benzene rings is 1. The smallest absolute Gasteiger partial charge is 0.262 e. The van der Waals surface area contributed by atoms with Gasteiger partial charge in [0.25, 0.3) is 6.48 Å². The molecule has 0 N–H and O–H groups in total. The van der Waals surface area contributed by atoms with Gasteiger partial charge in [0.2, 0.25) is 0 Å². The molecule has 3 nitrogen and oxygen atoms in total. The Labute approximate surface area is 150 Å². The molecular weight excluding hydrogens is 349 g/mol. The van der Waals surface area contributed by atoms with Gasteiger partial charge in [0, 0.05) is 0 Å². The highest BCUT2D eigenvalue weighted by atomic mass is 28.2. The Morgan fingerprint density at radius 2 is 1.44 bits per heavy atom. The molecule has 0 unspecified atom stereocenters. The number of ether oxygens (including phenoxy) is 2. The lowest BCUT2D eigenvalue weighted by atomic mass is 10.1. The second kappa shape index (κ2) is 11.7. The van der Waals surface area contributed by atoms with E-state index in [1.807, 2.05) is 27.7 Å². The molecule has 0 radical (unpaired) electrons. The second-order valence-corrected chi connectivity index (χ2v) is 8.02. The summed E-state index contributed by atoms with van der Waals surface area (Å²) in [5.74, 6) is -3.66. The number of rotatable bonds is 12. The number of unbranched alkanes of at least 4 members (excludes halogenated alkanes) is 2. The topological polar surface area (TPSA) is 27.7 Å². The monoisotopic (exact) mass is 378 g/mol. The van der Waals surface area contributed by atoms with E-state index in [0.29, 0.717) is 12.0 Å². The fraction of sp³-hybridized carbons (Fsp3) is 0.667. The van der Waals surface area contributed by atoms with Crippen LogP contribution in [-0.2, 0) is 20.3 Å². The molecule has 0 amide bonds. The van der Waals surface area contributed by atoms with Crippen LogP contribution < -0.4 is 0 Å². The van der Waals surface area contributed by atoms with Crippen LogP contribution in [-0.4, -0.2) is 28.4 Å². The third-order valence-electron chi connectivity index (χ3n) is 3.42. The average molecular weight is 379 g/mol. The predicted molar refractivity (Wildman–Crippen MR) is 94.5 cm³/mol. The van der Waals surface area contributed by atoms with Crippen molar-refractivity contribution in [3.05, 3.63) is 35.1 Å². The lowest BCUT2D eigenvalue weighted by molar-refractivity contribution is -0.275. The molecular formula is C18H29F3O3Si. The lowest BCUT2D eigenvalue weighted by Gasteiger charge is -2.23. The maximum Gasteiger partial charge on any atom is 0.262 e. The first-order chi connectivity index (χ1) is 11.8. The molecule has 0 aliphatic carbocycles. The van der Waals surface area contributed by atoms with E-state index in [4.69, 9.17) is 13.9 Å². The maximum absolute atomic E-state index is 13.1. The van der Waals surface area contributed by atoms with Gasteiger partial charge in [-0.1, -0.05) is 12.8 Å². The van der Waals surface area contributed by atoms with Crippen LogP contribution in [0.3, 0.4) is 0 Å². The van der Waals surface area contributed by atoms with Crippen molar-refractivity contribution in [2.75, 3.05) is 0 Å². The van der Waals surface area contributed by atoms with Gasteiger partial charge in [-0.3, -0.25) is 0 Å². The Balaban J connectivity index is 2.19.